The molecule has 20 heavy (non-hydrogen) atoms. The van der Waals surface area contributed by atoms with Gasteiger partial charge in [-0.25, -0.2) is 4.39 Å². The lowest BCUT2D eigenvalue weighted by Crippen LogP contribution is -2.48. The van der Waals surface area contributed by atoms with Crippen molar-refractivity contribution in [2.45, 2.75) is 30.7 Å². The third-order valence-corrected chi connectivity index (χ3v) is 5.36. The van der Waals surface area contributed by atoms with Gasteiger partial charge >= 0.3 is 0 Å². The molecule has 106 valence electrons. The summed E-state index contributed by atoms with van der Waals surface area (Å²) in [5, 5.41) is 2.75. The van der Waals surface area contributed by atoms with Crippen molar-refractivity contribution in [2.24, 2.45) is 0 Å². The van der Waals surface area contributed by atoms with Crippen LogP contribution < -0.4 is 5.32 Å². The Bertz CT molecular complexity index is 563. The van der Waals surface area contributed by atoms with E-state index in [1.807, 2.05) is 6.92 Å². The van der Waals surface area contributed by atoms with Crippen LogP contribution in [0.2, 0.25) is 0 Å². The van der Waals surface area contributed by atoms with Crippen molar-refractivity contribution in [1.82, 2.24) is 4.90 Å². The van der Waals surface area contributed by atoms with E-state index in [1.54, 1.807) is 16.7 Å². The lowest BCUT2D eigenvalue weighted by Gasteiger charge is -2.29. The average Bonchev–Trinajstić information content (AvgIpc) is 2.90. The molecule has 0 saturated carbocycles. The number of hydrogen-bond acceptors (Lipinski definition) is 3. The van der Waals surface area contributed by atoms with Gasteiger partial charge in [-0.1, -0.05) is 0 Å². The summed E-state index contributed by atoms with van der Waals surface area (Å²) in [6.07, 6.45) is 1.29. The molecular weight excluding hydrogens is 279 g/mol. The van der Waals surface area contributed by atoms with E-state index in [0.717, 1.165) is 6.42 Å². The molecule has 0 unspecified atom stereocenters. The first kappa shape index (κ1) is 13.4. The molecule has 1 aromatic rings. The van der Waals surface area contributed by atoms with Gasteiger partial charge in [-0.15, -0.1) is 11.8 Å². The van der Waals surface area contributed by atoms with Crippen molar-refractivity contribution in [2.75, 3.05) is 11.1 Å². The molecule has 0 spiro atoms. The van der Waals surface area contributed by atoms with E-state index >= 15 is 0 Å². The van der Waals surface area contributed by atoms with Crippen LogP contribution in [0.3, 0.4) is 0 Å². The molecule has 2 heterocycles. The number of carbonyl (C=O) groups is 2. The standard InChI is InChI=1S/C14H15FN2O2S/c1-14-7-6-12(18)17(14)11(8-20-14)13(19)16-10-4-2-9(15)3-5-10/h2-5,11H,6-8H2,1H3,(H,16,19)/t11-,14+/m1/s1. The highest BCUT2D eigenvalue weighted by Gasteiger charge is 2.52. The van der Waals surface area contributed by atoms with Gasteiger partial charge in [0.2, 0.25) is 11.8 Å². The minimum Gasteiger partial charge on any atom is -0.324 e. The fourth-order valence-electron chi connectivity index (χ4n) is 2.77. The molecule has 3 rings (SSSR count). The first-order valence-electron chi connectivity index (χ1n) is 6.52. The summed E-state index contributed by atoms with van der Waals surface area (Å²) in [7, 11) is 0. The minimum absolute atomic E-state index is 0.0387. The highest BCUT2D eigenvalue weighted by atomic mass is 32.2. The van der Waals surface area contributed by atoms with Gasteiger partial charge in [0.1, 0.15) is 11.9 Å². The number of thioether (sulfide) groups is 1. The Labute approximate surface area is 120 Å². The number of nitrogens with zero attached hydrogens (tertiary/aromatic N) is 1. The van der Waals surface area contributed by atoms with Crippen molar-refractivity contribution in [3.8, 4) is 0 Å². The summed E-state index contributed by atoms with van der Waals surface area (Å²) < 4.78 is 12.8. The highest BCUT2D eigenvalue weighted by molar-refractivity contribution is 8.01. The van der Waals surface area contributed by atoms with E-state index in [0.29, 0.717) is 17.9 Å². The van der Waals surface area contributed by atoms with Gasteiger partial charge in [-0.05, 0) is 37.6 Å². The molecule has 2 amide bonds. The van der Waals surface area contributed by atoms with Gasteiger partial charge in [-0.3, -0.25) is 9.59 Å². The van der Waals surface area contributed by atoms with Crippen LogP contribution in [0.1, 0.15) is 19.8 Å². The van der Waals surface area contributed by atoms with E-state index in [-0.39, 0.29) is 22.5 Å². The summed E-state index contributed by atoms with van der Waals surface area (Å²) in [6.45, 7) is 2.01. The molecule has 2 fully saturated rings. The third-order valence-electron chi connectivity index (χ3n) is 3.86. The molecule has 2 aliphatic heterocycles. The van der Waals surface area contributed by atoms with Gasteiger partial charge < -0.3 is 10.2 Å². The summed E-state index contributed by atoms with van der Waals surface area (Å²) in [6, 6.07) is 5.18. The average molecular weight is 294 g/mol. The lowest BCUT2D eigenvalue weighted by atomic mass is 10.2. The maximum absolute atomic E-state index is 12.8. The Balaban J connectivity index is 1.75. The molecule has 0 bridgehead atoms. The van der Waals surface area contributed by atoms with Crippen molar-refractivity contribution in [3.05, 3.63) is 30.1 Å². The van der Waals surface area contributed by atoms with Crippen LogP contribution in [0, 0.1) is 5.82 Å². The topological polar surface area (TPSA) is 49.4 Å². The summed E-state index contributed by atoms with van der Waals surface area (Å²) >= 11 is 1.65. The number of rotatable bonds is 2. The Morgan fingerprint density at radius 2 is 2.15 bits per heavy atom. The van der Waals surface area contributed by atoms with Crippen molar-refractivity contribution in [1.29, 1.82) is 0 Å². The van der Waals surface area contributed by atoms with Crippen LogP contribution in [0.4, 0.5) is 10.1 Å². The zero-order valence-electron chi connectivity index (χ0n) is 11.1. The molecule has 0 radical (unpaired) electrons. The summed E-state index contributed by atoms with van der Waals surface area (Å²) in [4.78, 5) is 25.7. The molecule has 2 aliphatic rings. The van der Waals surface area contributed by atoms with Gasteiger partial charge in [0.25, 0.3) is 0 Å². The molecule has 2 atom stereocenters. The fourth-order valence-corrected chi connectivity index (χ4v) is 4.21. The van der Waals surface area contributed by atoms with E-state index in [1.165, 1.54) is 24.3 Å². The zero-order chi connectivity index (χ0) is 14.3. The summed E-state index contributed by atoms with van der Waals surface area (Å²) in [5.41, 5.74) is 0.543. The second kappa shape index (κ2) is 4.77. The van der Waals surface area contributed by atoms with Crippen LogP contribution >= 0.6 is 11.8 Å². The highest BCUT2D eigenvalue weighted by Crippen LogP contribution is 2.47. The van der Waals surface area contributed by atoms with Crippen molar-refractivity contribution >= 4 is 29.3 Å². The molecule has 6 heteroatoms. The van der Waals surface area contributed by atoms with Crippen LogP contribution in [-0.2, 0) is 9.59 Å². The molecule has 1 N–H and O–H groups in total. The number of hydrogen-bond donors (Lipinski definition) is 1. The Morgan fingerprint density at radius 3 is 2.85 bits per heavy atom. The number of anilines is 1. The maximum atomic E-state index is 12.8. The van der Waals surface area contributed by atoms with Crippen molar-refractivity contribution < 1.29 is 14.0 Å². The molecule has 2 saturated heterocycles. The number of halogens is 1. The summed E-state index contributed by atoms with van der Waals surface area (Å²) in [5.74, 6) is 0.0940. The number of benzene rings is 1. The van der Waals surface area contributed by atoms with Crippen LogP contribution in [-0.4, -0.2) is 33.4 Å². The Kier molecular flexibility index (Phi) is 3.20. The predicted molar refractivity (Wildman–Crippen MR) is 75.8 cm³/mol. The van der Waals surface area contributed by atoms with Crippen molar-refractivity contribution in [3.63, 3.8) is 0 Å². The zero-order valence-corrected chi connectivity index (χ0v) is 11.9. The third kappa shape index (κ3) is 2.18. The fraction of sp³-hybridized carbons (Fsp3) is 0.429. The quantitative estimate of drug-likeness (QED) is 0.910. The minimum atomic E-state index is -0.440. The van der Waals surface area contributed by atoms with Gasteiger partial charge in [0.15, 0.2) is 0 Å². The number of fused-ring (bicyclic) bond motifs is 1. The number of amides is 2. The van der Waals surface area contributed by atoms with Crippen LogP contribution in [0.25, 0.3) is 0 Å². The van der Waals surface area contributed by atoms with E-state index in [4.69, 9.17) is 0 Å². The maximum Gasteiger partial charge on any atom is 0.248 e. The first-order chi connectivity index (χ1) is 9.49. The predicted octanol–water partition coefficient (Wildman–Crippen LogP) is 2.22. The molecule has 1 aromatic carbocycles. The SMILES string of the molecule is C[C@]12CCC(=O)N1[C@@H](C(=O)Nc1ccc(F)cc1)CS2. The molecular formula is C14H15FN2O2S. The first-order valence-corrected chi connectivity index (χ1v) is 7.51. The Morgan fingerprint density at radius 1 is 1.45 bits per heavy atom. The van der Waals surface area contributed by atoms with Crippen LogP contribution in [0.15, 0.2) is 24.3 Å². The monoisotopic (exact) mass is 294 g/mol. The lowest BCUT2D eigenvalue weighted by molar-refractivity contribution is -0.135. The van der Waals surface area contributed by atoms with Gasteiger partial charge in [0.05, 0.1) is 4.87 Å². The van der Waals surface area contributed by atoms with Crippen LogP contribution in [0.5, 0.6) is 0 Å². The normalized spacial score (nSPS) is 28.6. The Hall–Kier alpha value is -1.56. The largest absolute Gasteiger partial charge is 0.324 e. The van der Waals surface area contributed by atoms with E-state index < -0.39 is 6.04 Å². The second-order valence-corrected chi connectivity index (χ2v) is 6.76. The molecule has 0 aliphatic carbocycles. The molecule has 0 aromatic heterocycles. The van der Waals surface area contributed by atoms with E-state index in [2.05, 4.69) is 5.32 Å². The molecule has 4 nitrogen and oxygen atoms in total. The number of carbonyl (C=O) groups excluding carboxylic acids is 2. The van der Waals surface area contributed by atoms with Gasteiger partial charge in [-0.2, -0.15) is 0 Å². The number of nitrogens with one attached hydrogen (secondary N) is 1. The van der Waals surface area contributed by atoms with E-state index in [9.17, 15) is 14.0 Å². The smallest absolute Gasteiger partial charge is 0.248 e. The van der Waals surface area contributed by atoms with Gasteiger partial charge in [0, 0.05) is 17.9 Å². The second-order valence-electron chi connectivity index (χ2n) is 5.26.